The first-order valence-electron chi connectivity index (χ1n) is 12.1. The minimum Gasteiger partial charge on any atom is -0.460 e. The number of ether oxygens (including phenoxy) is 6. The standard InChI is InChI=1S/C26H32N2O12/c1-15(2)40-25(31)22-17(4)27(26(32)39-14-38-20(29)13-36-6)16(3)21(24(30)37-11-10-35-5)23(22)18-8-7-9-19(12-18)28(33)34/h7-9,12,15,23H,10-11,13-14H2,1-6H3. The number of esters is 3. The minimum absolute atomic E-state index is 0.0192. The summed E-state index contributed by atoms with van der Waals surface area (Å²) in [5.74, 6) is -3.77. The molecule has 0 saturated carbocycles. The fourth-order valence-electron chi connectivity index (χ4n) is 3.95. The van der Waals surface area contributed by atoms with Gasteiger partial charge in [0.05, 0.1) is 34.7 Å². The number of nitro groups is 1. The topological polar surface area (TPSA) is 170 Å². The van der Waals surface area contributed by atoms with Gasteiger partial charge in [-0.2, -0.15) is 0 Å². The van der Waals surface area contributed by atoms with Crippen LogP contribution in [0.5, 0.6) is 0 Å². The van der Waals surface area contributed by atoms with Gasteiger partial charge in [-0.1, -0.05) is 12.1 Å². The van der Waals surface area contributed by atoms with Crippen molar-refractivity contribution in [2.75, 3.05) is 40.8 Å². The van der Waals surface area contributed by atoms with E-state index in [0.717, 1.165) is 4.90 Å². The Labute approximate surface area is 230 Å². The number of carbonyl (C=O) groups excluding carboxylic acids is 4. The van der Waals surface area contributed by atoms with E-state index in [4.69, 9.17) is 23.7 Å². The number of non-ortho nitro benzene ring substituents is 1. The maximum Gasteiger partial charge on any atom is 0.421 e. The van der Waals surface area contributed by atoms with Crippen LogP contribution in [0, 0.1) is 10.1 Å². The van der Waals surface area contributed by atoms with Gasteiger partial charge in [0.2, 0.25) is 6.79 Å². The molecule has 0 saturated heterocycles. The van der Waals surface area contributed by atoms with Crippen LogP contribution in [0.4, 0.5) is 10.5 Å². The predicted octanol–water partition coefficient (Wildman–Crippen LogP) is 2.97. The van der Waals surface area contributed by atoms with Crippen molar-refractivity contribution in [1.82, 2.24) is 4.90 Å². The van der Waals surface area contributed by atoms with E-state index >= 15 is 0 Å². The van der Waals surface area contributed by atoms with Crippen LogP contribution in [0.1, 0.15) is 39.2 Å². The van der Waals surface area contributed by atoms with E-state index in [9.17, 15) is 29.3 Å². The van der Waals surface area contributed by atoms with Crippen molar-refractivity contribution in [3.63, 3.8) is 0 Å². The number of nitrogens with zero attached hydrogens (tertiary/aromatic N) is 2. The maximum absolute atomic E-state index is 13.4. The van der Waals surface area contributed by atoms with E-state index in [1.807, 2.05) is 0 Å². The molecule has 1 amide bonds. The van der Waals surface area contributed by atoms with Crippen LogP contribution in [0.15, 0.2) is 46.8 Å². The van der Waals surface area contributed by atoms with Gasteiger partial charge in [-0.3, -0.25) is 15.0 Å². The van der Waals surface area contributed by atoms with Crippen molar-refractivity contribution in [1.29, 1.82) is 0 Å². The number of nitro benzene ring substituents is 1. The van der Waals surface area contributed by atoms with Crippen LogP contribution in [0.25, 0.3) is 0 Å². The molecule has 1 unspecified atom stereocenters. The summed E-state index contributed by atoms with van der Waals surface area (Å²) in [7, 11) is 2.69. The van der Waals surface area contributed by atoms with Crippen LogP contribution < -0.4 is 0 Å². The van der Waals surface area contributed by atoms with Gasteiger partial charge < -0.3 is 28.4 Å². The van der Waals surface area contributed by atoms with Gasteiger partial charge >= 0.3 is 24.0 Å². The van der Waals surface area contributed by atoms with E-state index in [1.54, 1.807) is 13.8 Å². The van der Waals surface area contributed by atoms with E-state index in [1.165, 1.54) is 52.3 Å². The Morgan fingerprint density at radius 1 is 0.950 bits per heavy atom. The molecule has 218 valence electrons. The zero-order chi connectivity index (χ0) is 30.0. The Kier molecular flexibility index (Phi) is 11.8. The summed E-state index contributed by atoms with van der Waals surface area (Å²) >= 11 is 0. The fourth-order valence-corrected chi connectivity index (χ4v) is 3.95. The lowest BCUT2D eigenvalue weighted by Gasteiger charge is -2.36. The normalized spacial score (nSPS) is 15.2. The van der Waals surface area contributed by atoms with Gasteiger partial charge in [-0.15, -0.1) is 0 Å². The van der Waals surface area contributed by atoms with Crippen LogP contribution in [-0.2, 0) is 42.8 Å². The molecule has 1 atom stereocenters. The van der Waals surface area contributed by atoms with Gasteiger partial charge in [-0.25, -0.2) is 19.2 Å². The number of carbonyl (C=O) groups is 4. The molecule has 1 aliphatic heterocycles. The number of benzene rings is 1. The second-order valence-electron chi connectivity index (χ2n) is 8.68. The third-order valence-electron chi connectivity index (χ3n) is 5.59. The smallest absolute Gasteiger partial charge is 0.421 e. The molecule has 0 bridgehead atoms. The summed E-state index contributed by atoms with van der Waals surface area (Å²) in [6, 6.07) is 5.40. The average Bonchev–Trinajstić information content (AvgIpc) is 2.88. The number of hydrogen-bond acceptors (Lipinski definition) is 12. The van der Waals surface area contributed by atoms with Crippen molar-refractivity contribution < 1.29 is 52.5 Å². The summed E-state index contributed by atoms with van der Waals surface area (Å²) in [5, 5.41) is 11.5. The third-order valence-corrected chi connectivity index (χ3v) is 5.59. The lowest BCUT2D eigenvalue weighted by molar-refractivity contribution is -0.384. The van der Waals surface area contributed by atoms with E-state index < -0.39 is 47.7 Å². The molecule has 0 radical (unpaired) electrons. The summed E-state index contributed by atoms with van der Waals surface area (Å²) in [6.07, 6.45) is -1.65. The van der Waals surface area contributed by atoms with Gasteiger partial charge in [0.1, 0.15) is 13.2 Å². The molecule has 0 aromatic heterocycles. The molecule has 1 aromatic rings. The largest absolute Gasteiger partial charge is 0.460 e. The molecule has 0 aliphatic carbocycles. The molecule has 1 aromatic carbocycles. The van der Waals surface area contributed by atoms with Crippen LogP contribution >= 0.6 is 0 Å². The van der Waals surface area contributed by atoms with Crippen LogP contribution in [0.2, 0.25) is 0 Å². The number of rotatable bonds is 12. The molecular weight excluding hydrogens is 532 g/mol. The molecule has 1 heterocycles. The molecular formula is C26H32N2O12. The molecule has 14 nitrogen and oxygen atoms in total. The Balaban J connectivity index is 2.70. The number of amides is 1. The summed E-state index contributed by atoms with van der Waals surface area (Å²) in [4.78, 5) is 63.4. The van der Waals surface area contributed by atoms with Crippen molar-refractivity contribution in [3.05, 3.63) is 62.5 Å². The van der Waals surface area contributed by atoms with E-state index in [2.05, 4.69) is 4.74 Å². The number of allylic oxidation sites excluding steroid dienone is 2. The number of hydrogen-bond donors (Lipinski definition) is 0. The first kappa shape index (κ1) is 31.9. The molecule has 1 aliphatic rings. The molecule has 40 heavy (non-hydrogen) atoms. The zero-order valence-corrected chi connectivity index (χ0v) is 23.1. The highest BCUT2D eigenvalue weighted by Gasteiger charge is 2.43. The summed E-state index contributed by atoms with van der Waals surface area (Å²) < 4.78 is 30.2. The molecule has 2 rings (SSSR count). The van der Waals surface area contributed by atoms with Crippen molar-refractivity contribution in [3.8, 4) is 0 Å². The van der Waals surface area contributed by atoms with Gasteiger partial charge in [0.25, 0.3) is 5.69 Å². The van der Waals surface area contributed by atoms with E-state index in [-0.39, 0.29) is 53.6 Å². The molecule has 0 fully saturated rings. The highest BCUT2D eigenvalue weighted by molar-refractivity contribution is 6.01. The van der Waals surface area contributed by atoms with Gasteiger partial charge in [0.15, 0.2) is 0 Å². The Hall–Kier alpha value is -4.30. The highest BCUT2D eigenvalue weighted by Crippen LogP contribution is 2.44. The zero-order valence-electron chi connectivity index (χ0n) is 23.1. The highest BCUT2D eigenvalue weighted by atomic mass is 16.7. The van der Waals surface area contributed by atoms with E-state index in [0.29, 0.717) is 0 Å². The monoisotopic (exact) mass is 564 g/mol. The first-order chi connectivity index (χ1) is 18.9. The molecule has 0 spiro atoms. The van der Waals surface area contributed by atoms with Gasteiger partial charge in [0, 0.05) is 37.7 Å². The second kappa shape index (κ2) is 14.7. The molecule has 14 heteroatoms. The third kappa shape index (κ3) is 7.86. The maximum atomic E-state index is 13.4. The minimum atomic E-state index is -1.20. The van der Waals surface area contributed by atoms with Crippen LogP contribution in [-0.4, -0.2) is 80.8 Å². The second-order valence-corrected chi connectivity index (χ2v) is 8.68. The van der Waals surface area contributed by atoms with Crippen molar-refractivity contribution >= 4 is 29.7 Å². The SMILES string of the molecule is COCCOC(=O)C1=C(C)N(C(=O)OCOC(=O)COC)C(C)=C(C(=O)OC(C)C)C1c1cccc([N+](=O)[O-])c1. The lowest BCUT2D eigenvalue weighted by Crippen LogP contribution is -2.39. The molecule has 0 N–H and O–H groups in total. The Morgan fingerprint density at radius 2 is 1.60 bits per heavy atom. The summed E-state index contributed by atoms with van der Waals surface area (Å²) in [5.41, 5.74) is -0.329. The predicted molar refractivity (Wildman–Crippen MR) is 136 cm³/mol. The Morgan fingerprint density at radius 3 is 2.17 bits per heavy atom. The average molecular weight is 565 g/mol. The Bertz CT molecular complexity index is 1200. The quantitative estimate of drug-likeness (QED) is 0.0909. The summed E-state index contributed by atoms with van der Waals surface area (Å²) in [6.45, 7) is 4.84. The lowest BCUT2D eigenvalue weighted by atomic mass is 9.79. The van der Waals surface area contributed by atoms with Crippen LogP contribution in [0.3, 0.4) is 0 Å². The number of methoxy groups -OCH3 is 2. The van der Waals surface area contributed by atoms with Crippen molar-refractivity contribution in [2.24, 2.45) is 0 Å². The first-order valence-corrected chi connectivity index (χ1v) is 12.1. The van der Waals surface area contributed by atoms with Crippen molar-refractivity contribution in [2.45, 2.75) is 39.7 Å². The fraction of sp³-hybridized carbons (Fsp3) is 0.462. The van der Waals surface area contributed by atoms with Gasteiger partial charge in [-0.05, 0) is 33.3 Å².